The number of nitriles is 1. The molecule has 9 heteroatoms. The van der Waals surface area contributed by atoms with Gasteiger partial charge in [-0.1, -0.05) is 0 Å². The van der Waals surface area contributed by atoms with Crippen molar-refractivity contribution in [1.82, 2.24) is 29.5 Å². The number of amides is 1. The number of hydrogen-bond donors (Lipinski definition) is 1. The maximum Gasteiger partial charge on any atom is 0.274 e. The Morgan fingerprint density at radius 3 is 2.69 bits per heavy atom. The van der Waals surface area contributed by atoms with Crippen LogP contribution in [0.2, 0.25) is 0 Å². The van der Waals surface area contributed by atoms with E-state index in [1.807, 2.05) is 61.5 Å². The normalized spacial score (nSPS) is 15.7. The van der Waals surface area contributed by atoms with Gasteiger partial charge in [0, 0.05) is 48.5 Å². The Morgan fingerprint density at radius 1 is 1.20 bits per heavy atom. The van der Waals surface area contributed by atoms with Crippen molar-refractivity contribution in [3.63, 3.8) is 0 Å². The molecule has 1 fully saturated rings. The number of benzene rings is 2. The molecule has 1 amide bonds. The second-order valence-electron chi connectivity index (χ2n) is 8.95. The minimum Gasteiger partial charge on any atom is -0.336 e. The lowest BCUT2D eigenvalue weighted by Crippen LogP contribution is -2.34. The first-order valence-electron chi connectivity index (χ1n) is 11.5. The summed E-state index contributed by atoms with van der Waals surface area (Å²) in [5, 5.41) is 17.9. The van der Waals surface area contributed by atoms with Crippen LogP contribution in [0.4, 0.5) is 4.39 Å². The third-order valence-electron chi connectivity index (χ3n) is 6.91. The number of nitrogens with one attached hydrogen (secondary N) is 1. The first-order valence-corrected chi connectivity index (χ1v) is 11.5. The highest BCUT2D eigenvalue weighted by Gasteiger charge is 2.30. The van der Waals surface area contributed by atoms with Crippen LogP contribution >= 0.6 is 0 Å². The Labute approximate surface area is 202 Å². The van der Waals surface area contributed by atoms with Gasteiger partial charge in [-0.3, -0.25) is 14.0 Å². The van der Waals surface area contributed by atoms with E-state index in [-0.39, 0.29) is 17.5 Å². The molecule has 1 saturated heterocycles. The van der Waals surface area contributed by atoms with Crippen molar-refractivity contribution in [2.45, 2.75) is 26.3 Å². The molecule has 0 saturated carbocycles. The average molecular weight is 472 g/mol. The van der Waals surface area contributed by atoms with Gasteiger partial charge in [0.15, 0.2) is 0 Å². The van der Waals surface area contributed by atoms with Crippen LogP contribution in [-0.2, 0) is 7.05 Å². The molecule has 2 aromatic heterocycles. The molecule has 1 atom stereocenters. The monoisotopic (exact) mass is 471 g/mol. The van der Waals surface area contributed by atoms with Crippen LogP contribution in [0.5, 0.6) is 0 Å². The highest BCUT2D eigenvalue weighted by Crippen LogP contribution is 2.31. The predicted molar refractivity (Wildman–Crippen MR) is 131 cm³/mol. The number of hydrogen-bond acceptors (Lipinski definition) is 5. The molecule has 0 spiro atoms. The fourth-order valence-corrected chi connectivity index (χ4v) is 4.74. The van der Waals surface area contributed by atoms with E-state index in [2.05, 4.69) is 10.4 Å². The van der Waals surface area contributed by atoms with Gasteiger partial charge in [0.25, 0.3) is 5.91 Å². The number of aryl methyl sites for hydroxylation is 2. The molecule has 1 aliphatic rings. The van der Waals surface area contributed by atoms with Crippen LogP contribution in [0.3, 0.4) is 0 Å². The topological polar surface area (TPSA) is 91.8 Å². The fourth-order valence-electron chi connectivity index (χ4n) is 4.74. The maximum absolute atomic E-state index is 14.6. The van der Waals surface area contributed by atoms with Crippen LogP contribution in [-0.4, -0.2) is 56.3 Å². The number of likely N-dealkylation sites (N-methyl/N-ethyl adjacent to an activating group) is 1. The Bertz CT molecular complexity index is 1510. The summed E-state index contributed by atoms with van der Waals surface area (Å²) in [5.41, 5.74) is 4.13. The molecule has 8 nitrogen and oxygen atoms in total. The minimum atomic E-state index is -0.625. The number of nitrogens with zero attached hydrogens (tertiary/aromatic N) is 6. The lowest BCUT2D eigenvalue weighted by molar-refractivity contribution is 0.0783. The number of imidazole rings is 1. The van der Waals surface area contributed by atoms with Gasteiger partial charge in [-0.25, -0.2) is 9.37 Å². The molecule has 5 rings (SSSR count). The lowest BCUT2D eigenvalue weighted by Gasteiger charge is -2.16. The van der Waals surface area contributed by atoms with Gasteiger partial charge in [0.2, 0.25) is 0 Å². The van der Waals surface area contributed by atoms with E-state index in [9.17, 15) is 9.18 Å². The summed E-state index contributed by atoms with van der Waals surface area (Å²) in [4.78, 5) is 20.0. The van der Waals surface area contributed by atoms with Crippen molar-refractivity contribution in [2.24, 2.45) is 7.05 Å². The van der Waals surface area contributed by atoms with Gasteiger partial charge in [-0.05, 0) is 63.7 Å². The quantitative estimate of drug-likeness (QED) is 0.492. The van der Waals surface area contributed by atoms with Crippen molar-refractivity contribution in [1.29, 1.82) is 5.26 Å². The van der Waals surface area contributed by atoms with Gasteiger partial charge in [-0.15, -0.1) is 0 Å². The number of carbonyl (C=O) groups is 1. The van der Waals surface area contributed by atoms with E-state index < -0.39 is 5.82 Å². The van der Waals surface area contributed by atoms with E-state index in [0.717, 1.165) is 28.7 Å². The zero-order valence-electron chi connectivity index (χ0n) is 20.1. The molecular weight excluding hydrogens is 445 g/mol. The smallest absolute Gasteiger partial charge is 0.274 e. The SMILES string of the molecule is CNC1CCN(C(=O)c2nc(-c3ccc(C#N)c(F)c3)n(-c3ccc4nn(C)c(C)c4c3)c2C)C1. The second-order valence-corrected chi connectivity index (χ2v) is 8.95. The van der Waals surface area contributed by atoms with Gasteiger partial charge in [-0.2, -0.15) is 10.4 Å². The predicted octanol–water partition coefficient (Wildman–Crippen LogP) is 3.49. The zero-order valence-corrected chi connectivity index (χ0v) is 20.1. The van der Waals surface area contributed by atoms with E-state index in [0.29, 0.717) is 35.9 Å². The highest BCUT2D eigenvalue weighted by molar-refractivity contribution is 5.95. The molecule has 0 radical (unpaired) electrons. The summed E-state index contributed by atoms with van der Waals surface area (Å²) in [6.07, 6.45) is 0.882. The summed E-state index contributed by atoms with van der Waals surface area (Å²) >= 11 is 0. The fraction of sp³-hybridized carbons (Fsp3) is 0.308. The van der Waals surface area contributed by atoms with E-state index in [1.54, 1.807) is 11.0 Å². The Morgan fingerprint density at radius 2 is 2.00 bits per heavy atom. The molecule has 0 bridgehead atoms. The maximum atomic E-state index is 14.6. The molecule has 1 N–H and O–H groups in total. The van der Waals surface area contributed by atoms with Crippen LogP contribution in [0, 0.1) is 31.0 Å². The standard InChI is InChI=1S/C26H26FN7O/c1-15-21-12-20(7-8-23(21)31-32(15)4)34-16(2)24(26(35)33-10-9-19(14-33)29-3)30-25(34)17-5-6-18(13-28)22(27)11-17/h5-8,11-12,19,29H,9-10,14H2,1-4H3. The van der Waals surface area contributed by atoms with Crippen molar-refractivity contribution in [2.75, 3.05) is 20.1 Å². The van der Waals surface area contributed by atoms with Crippen LogP contribution in [0.25, 0.3) is 28.0 Å². The Kier molecular flexibility index (Phi) is 5.61. The molecule has 1 unspecified atom stereocenters. The molecule has 4 aromatic rings. The molecule has 3 heterocycles. The van der Waals surface area contributed by atoms with Crippen molar-refractivity contribution >= 4 is 16.8 Å². The molecule has 35 heavy (non-hydrogen) atoms. The number of fused-ring (bicyclic) bond motifs is 1. The largest absolute Gasteiger partial charge is 0.336 e. The summed E-state index contributed by atoms with van der Waals surface area (Å²) in [5.74, 6) is -0.326. The second kappa shape index (κ2) is 8.64. The van der Waals surface area contributed by atoms with Gasteiger partial charge in [0.1, 0.15) is 23.4 Å². The summed E-state index contributed by atoms with van der Waals surface area (Å²) < 4.78 is 18.3. The number of rotatable bonds is 4. The number of aromatic nitrogens is 4. The number of likely N-dealkylation sites (tertiary alicyclic amines) is 1. The van der Waals surface area contributed by atoms with Gasteiger partial charge >= 0.3 is 0 Å². The summed E-state index contributed by atoms with van der Waals surface area (Å²) in [6, 6.07) is 12.4. The number of carbonyl (C=O) groups excluding carboxylic acids is 1. The minimum absolute atomic E-state index is 0.0394. The van der Waals surface area contributed by atoms with Gasteiger partial charge in [0.05, 0.1) is 16.8 Å². The van der Waals surface area contributed by atoms with E-state index in [1.165, 1.54) is 12.1 Å². The van der Waals surface area contributed by atoms with Crippen molar-refractivity contribution in [3.05, 3.63) is 64.9 Å². The highest BCUT2D eigenvalue weighted by atomic mass is 19.1. The van der Waals surface area contributed by atoms with E-state index in [4.69, 9.17) is 10.2 Å². The van der Waals surface area contributed by atoms with Crippen LogP contribution in [0.1, 0.15) is 33.9 Å². The lowest BCUT2D eigenvalue weighted by atomic mass is 10.1. The number of halogens is 1. The molecule has 2 aromatic carbocycles. The Balaban J connectivity index is 1.69. The zero-order chi connectivity index (χ0) is 24.9. The summed E-state index contributed by atoms with van der Waals surface area (Å²) in [7, 11) is 3.79. The first-order chi connectivity index (χ1) is 16.8. The molecule has 1 aliphatic heterocycles. The molecule has 0 aliphatic carbocycles. The van der Waals surface area contributed by atoms with Gasteiger partial charge < -0.3 is 10.2 Å². The summed E-state index contributed by atoms with van der Waals surface area (Å²) in [6.45, 7) is 5.12. The third kappa shape index (κ3) is 3.76. The van der Waals surface area contributed by atoms with Crippen LogP contribution < -0.4 is 5.32 Å². The van der Waals surface area contributed by atoms with Crippen LogP contribution in [0.15, 0.2) is 36.4 Å². The first kappa shape index (κ1) is 22.7. The molecular formula is C26H26FN7O. The molecule has 178 valence electrons. The average Bonchev–Trinajstić information content (AvgIpc) is 3.55. The van der Waals surface area contributed by atoms with Crippen molar-refractivity contribution < 1.29 is 9.18 Å². The van der Waals surface area contributed by atoms with E-state index >= 15 is 0 Å². The Hall–Kier alpha value is -4.03. The van der Waals surface area contributed by atoms with Crippen molar-refractivity contribution in [3.8, 4) is 23.1 Å². The third-order valence-corrected chi connectivity index (χ3v) is 6.91.